The molecule has 0 spiro atoms. The summed E-state index contributed by atoms with van der Waals surface area (Å²) in [5, 5.41) is 3.02. The third-order valence-electron chi connectivity index (χ3n) is 4.81. The number of carbonyl (C=O) groups excluding carboxylic acids is 2. The average molecular weight is 350 g/mol. The second-order valence-electron chi connectivity index (χ2n) is 7.44. The van der Waals surface area contributed by atoms with E-state index in [0.29, 0.717) is 31.0 Å². The Morgan fingerprint density at radius 3 is 2.46 bits per heavy atom. The fourth-order valence-electron chi connectivity index (χ4n) is 3.36. The van der Waals surface area contributed by atoms with Crippen molar-refractivity contribution in [3.8, 4) is 0 Å². The Hall–Kier alpha value is -2.62. The van der Waals surface area contributed by atoms with Crippen molar-refractivity contribution in [2.24, 2.45) is 5.92 Å². The molecule has 136 valence electrons. The van der Waals surface area contributed by atoms with Crippen molar-refractivity contribution < 1.29 is 9.59 Å². The van der Waals surface area contributed by atoms with Crippen molar-refractivity contribution in [3.63, 3.8) is 0 Å². The summed E-state index contributed by atoms with van der Waals surface area (Å²) in [7, 11) is 0. The molecule has 1 atom stereocenters. The Kier molecular flexibility index (Phi) is 5.40. The summed E-state index contributed by atoms with van der Waals surface area (Å²) in [4.78, 5) is 27.4. The van der Waals surface area contributed by atoms with Gasteiger partial charge in [-0.05, 0) is 36.5 Å². The minimum atomic E-state index is -0.444. The van der Waals surface area contributed by atoms with Gasteiger partial charge < -0.3 is 10.2 Å². The predicted molar refractivity (Wildman–Crippen MR) is 103 cm³/mol. The van der Waals surface area contributed by atoms with Gasteiger partial charge in [-0.2, -0.15) is 0 Å². The maximum Gasteiger partial charge on any atom is 0.255 e. The second kappa shape index (κ2) is 7.73. The number of benzene rings is 2. The second-order valence-corrected chi connectivity index (χ2v) is 7.44. The zero-order valence-corrected chi connectivity index (χ0v) is 15.7. The molecule has 0 aliphatic carbocycles. The molecule has 4 nitrogen and oxygen atoms in total. The first-order valence-electron chi connectivity index (χ1n) is 9.18. The molecular weight excluding hydrogens is 324 g/mol. The minimum absolute atomic E-state index is 0.0447. The van der Waals surface area contributed by atoms with Crippen molar-refractivity contribution >= 4 is 11.8 Å². The SMILES string of the molecule is Cc1ccc(CNC(=O)[C@@H](CC(C)C)N2Cc3ccccc3C2=O)cc1. The highest BCUT2D eigenvalue weighted by atomic mass is 16.2. The van der Waals surface area contributed by atoms with E-state index in [1.54, 1.807) is 4.90 Å². The van der Waals surface area contributed by atoms with E-state index in [1.807, 2.05) is 55.5 Å². The molecule has 26 heavy (non-hydrogen) atoms. The lowest BCUT2D eigenvalue weighted by atomic mass is 10.0. The van der Waals surface area contributed by atoms with Crippen LogP contribution in [0.15, 0.2) is 48.5 Å². The van der Waals surface area contributed by atoms with E-state index < -0.39 is 6.04 Å². The van der Waals surface area contributed by atoms with E-state index in [9.17, 15) is 9.59 Å². The number of amides is 2. The first-order valence-corrected chi connectivity index (χ1v) is 9.18. The van der Waals surface area contributed by atoms with Crippen LogP contribution in [-0.4, -0.2) is 22.8 Å². The fourth-order valence-corrected chi connectivity index (χ4v) is 3.36. The van der Waals surface area contributed by atoms with E-state index in [-0.39, 0.29) is 11.8 Å². The molecule has 0 saturated heterocycles. The maximum absolute atomic E-state index is 12.9. The molecule has 3 rings (SSSR count). The summed E-state index contributed by atoms with van der Waals surface area (Å²) in [5.41, 5.74) is 3.96. The van der Waals surface area contributed by atoms with Crippen LogP contribution >= 0.6 is 0 Å². The fraction of sp³-hybridized carbons (Fsp3) is 0.364. The Bertz CT molecular complexity index is 796. The van der Waals surface area contributed by atoms with Crippen LogP contribution in [0.5, 0.6) is 0 Å². The van der Waals surface area contributed by atoms with Crippen molar-refractivity contribution in [2.45, 2.75) is 46.3 Å². The molecule has 2 amide bonds. The van der Waals surface area contributed by atoms with Gasteiger partial charge in [0.05, 0.1) is 0 Å². The van der Waals surface area contributed by atoms with Gasteiger partial charge in [-0.1, -0.05) is 61.9 Å². The minimum Gasteiger partial charge on any atom is -0.350 e. The van der Waals surface area contributed by atoms with Crippen molar-refractivity contribution in [2.75, 3.05) is 0 Å². The van der Waals surface area contributed by atoms with E-state index in [1.165, 1.54) is 5.56 Å². The van der Waals surface area contributed by atoms with Crippen LogP contribution in [0.2, 0.25) is 0 Å². The van der Waals surface area contributed by atoms with Gasteiger partial charge in [0.25, 0.3) is 5.91 Å². The summed E-state index contributed by atoms with van der Waals surface area (Å²) in [5.74, 6) is 0.193. The molecule has 1 aliphatic heterocycles. The third kappa shape index (κ3) is 3.96. The summed E-state index contributed by atoms with van der Waals surface area (Å²) in [6.45, 7) is 7.17. The molecule has 0 fully saturated rings. The van der Waals surface area contributed by atoms with Gasteiger partial charge in [0, 0.05) is 18.7 Å². The Labute approximate surface area is 155 Å². The molecule has 1 N–H and O–H groups in total. The molecule has 1 heterocycles. The highest BCUT2D eigenvalue weighted by molar-refractivity contribution is 6.01. The summed E-state index contributed by atoms with van der Waals surface area (Å²) in [6.07, 6.45) is 0.652. The normalized spacial score (nSPS) is 14.5. The number of hydrogen-bond acceptors (Lipinski definition) is 2. The standard InChI is InChI=1S/C22H26N2O2/c1-15(2)12-20(21(25)23-13-17-10-8-16(3)9-11-17)24-14-18-6-4-5-7-19(18)22(24)26/h4-11,15,20H,12-14H2,1-3H3,(H,23,25)/t20-/m1/s1. The Morgan fingerprint density at radius 1 is 1.12 bits per heavy atom. The topological polar surface area (TPSA) is 49.4 Å². The number of rotatable bonds is 6. The summed E-state index contributed by atoms with van der Waals surface area (Å²) in [6, 6.07) is 15.3. The van der Waals surface area contributed by atoms with E-state index >= 15 is 0 Å². The Morgan fingerprint density at radius 2 is 1.81 bits per heavy atom. The highest BCUT2D eigenvalue weighted by Crippen LogP contribution is 2.26. The number of nitrogens with one attached hydrogen (secondary N) is 1. The van der Waals surface area contributed by atoms with Gasteiger partial charge in [0.1, 0.15) is 6.04 Å². The Balaban J connectivity index is 1.72. The molecule has 0 bridgehead atoms. The van der Waals surface area contributed by atoms with Crippen molar-refractivity contribution in [1.29, 1.82) is 0 Å². The first-order chi connectivity index (χ1) is 12.5. The van der Waals surface area contributed by atoms with Crippen LogP contribution in [0, 0.1) is 12.8 Å². The van der Waals surface area contributed by atoms with E-state index in [4.69, 9.17) is 0 Å². The molecule has 2 aromatic rings. The number of fused-ring (bicyclic) bond motifs is 1. The van der Waals surface area contributed by atoms with Gasteiger partial charge in [0.2, 0.25) is 5.91 Å². The highest BCUT2D eigenvalue weighted by Gasteiger charge is 2.36. The monoisotopic (exact) mass is 350 g/mol. The third-order valence-corrected chi connectivity index (χ3v) is 4.81. The lowest BCUT2D eigenvalue weighted by molar-refractivity contribution is -0.126. The largest absolute Gasteiger partial charge is 0.350 e. The van der Waals surface area contributed by atoms with Crippen LogP contribution in [0.3, 0.4) is 0 Å². The molecule has 0 unspecified atom stereocenters. The maximum atomic E-state index is 12.9. The van der Waals surface area contributed by atoms with E-state index in [2.05, 4.69) is 19.2 Å². The van der Waals surface area contributed by atoms with Crippen LogP contribution in [0.4, 0.5) is 0 Å². The van der Waals surface area contributed by atoms with E-state index in [0.717, 1.165) is 11.1 Å². The van der Waals surface area contributed by atoms with Gasteiger partial charge in [0.15, 0.2) is 0 Å². The molecule has 0 radical (unpaired) electrons. The zero-order chi connectivity index (χ0) is 18.7. The summed E-state index contributed by atoms with van der Waals surface area (Å²) < 4.78 is 0. The van der Waals surface area contributed by atoms with Gasteiger partial charge in [-0.15, -0.1) is 0 Å². The van der Waals surface area contributed by atoms with Crippen LogP contribution < -0.4 is 5.32 Å². The molecule has 0 aromatic heterocycles. The number of nitrogens with zero attached hydrogens (tertiary/aromatic N) is 1. The zero-order valence-electron chi connectivity index (χ0n) is 15.7. The van der Waals surface area contributed by atoms with Crippen molar-refractivity contribution in [3.05, 3.63) is 70.8 Å². The molecule has 0 saturated carbocycles. The lowest BCUT2D eigenvalue weighted by Crippen LogP contribution is -2.47. The lowest BCUT2D eigenvalue weighted by Gasteiger charge is -2.28. The van der Waals surface area contributed by atoms with Crippen molar-refractivity contribution in [1.82, 2.24) is 10.2 Å². The predicted octanol–water partition coefficient (Wildman–Crippen LogP) is 3.68. The first kappa shape index (κ1) is 18.2. The summed E-state index contributed by atoms with van der Waals surface area (Å²) >= 11 is 0. The molecule has 4 heteroatoms. The van der Waals surface area contributed by atoms with Crippen LogP contribution in [0.1, 0.15) is 47.3 Å². The van der Waals surface area contributed by atoms with Gasteiger partial charge >= 0.3 is 0 Å². The number of carbonyl (C=O) groups is 2. The number of aryl methyl sites for hydroxylation is 1. The average Bonchev–Trinajstić information content (AvgIpc) is 2.96. The van der Waals surface area contributed by atoms with Crippen LogP contribution in [0.25, 0.3) is 0 Å². The molecule has 1 aliphatic rings. The molecular formula is C22H26N2O2. The molecule has 2 aromatic carbocycles. The number of hydrogen-bond donors (Lipinski definition) is 1. The van der Waals surface area contributed by atoms with Gasteiger partial charge in [-0.25, -0.2) is 0 Å². The van der Waals surface area contributed by atoms with Gasteiger partial charge in [-0.3, -0.25) is 9.59 Å². The quantitative estimate of drug-likeness (QED) is 0.864. The van der Waals surface area contributed by atoms with Crippen LogP contribution in [-0.2, 0) is 17.9 Å². The smallest absolute Gasteiger partial charge is 0.255 e.